The molecular formula is C14H22N2O3. The van der Waals surface area contributed by atoms with Crippen LogP contribution in [0.15, 0.2) is 24.3 Å². The van der Waals surface area contributed by atoms with Gasteiger partial charge in [-0.2, -0.15) is 0 Å². The third-order valence-corrected chi connectivity index (χ3v) is 2.68. The molecule has 0 aromatic heterocycles. The summed E-state index contributed by atoms with van der Waals surface area (Å²) < 4.78 is 5.51. The lowest BCUT2D eigenvalue weighted by Gasteiger charge is -2.13. The fourth-order valence-electron chi connectivity index (χ4n) is 1.59. The number of nitrogens with two attached hydrogens (primary N) is 1. The molecule has 0 aliphatic carbocycles. The lowest BCUT2D eigenvalue weighted by Crippen LogP contribution is -2.33. The van der Waals surface area contributed by atoms with Gasteiger partial charge in [-0.05, 0) is 24.1 Å². The number of primary amides is 1. The molecule has 1 unspecified atom stereocenters. The zero-order chi connectivity index (χ0) is 14.1. The molecule has 1 aromatic rings. The lowest BCUT2D eigenvalue weighted by atomic mass is 10.2. The summed E-state index contributed by atoms with van der Waals surface area (Å²) in [6.45, 7) is 3.14. The number of carbonyl (C=O) groups excluding carboxylic acids is 1. The number of ether oxygens (including phenoxy) is 1. The number of aryl methyl sites for hydroxylation is 1. The molecule has 19 heavy (non-hydrogen) atoms. The first-order valence-electron chi connectivity index (χ1n) is 6.50. The topological polar surface area (TPSA) is 84.6 Å². The number of amides is 1. The SMILES string of the molecule is CCc1cccc(OCC(O)CNCCC(N)=O)c1. The van der Waals surface area contributed by atoms with Crippen molar-refractivity contribution in [2.24, 2.45) is 5.73 Å². The molecule has 0 fully saturated rings. The van der Waals surface area contributed by atoms with Crippen molar-refractivity contribution in [2.75, 3.05) is 19.7 Å². The highest BCUT2D eigenvalue weighted by Crippen LogP contribution is 2.13. The summed E-state index contributed by atoms with van der Waals surface area (Å²) in [4.78, 5) is 10.5. The minimum atomic E-state index is -0.613. The average molecular weight is 266 g/mol. The summed E-state index contributed by atoms with van der Waals surface area (Å²) in [5.74, 6) is 0.408. The summed E-state index contributed by atoms with van der Waals surface area (Å²) in [6.07, 6.45) is 0.610. The molecule has 0 aliphatic rings. The molecule has 1 rings (SSSR count). The number of aliphatic hydroxyl groups is 1. The van der Waals surface area contributed by atoms with Crippen LogP contribution in [0, 0.1) is 0 Å². The first kappa shape index (κ1) is 15.5. The zero-order valence-corrected chi connectivity index (χ0v) is 11.3. The lowest BCUT2D eigenvalue weighted by molar-refractivity contribution is -0.117. The zero-order valence-electron chi connectivity index (χ0n) is 11.3. The maximum Gasteiger partial charge on any atom is 0.218 e. The highest BCUT2D eigenvalue weighted by Gasteiger charge is 2.05. The normalized spacial score (nSPS) is 12.1. The van der Waals surface area contributed by atoms with Gasteiger partial charge in [0.25, 0.3) is 0 Å². The molecule has 4 N–H and O–H groups in total. The Morgan fingerprint density at radius 3 is 3.00 bits per heavy atom. The van der Waals surface area contributed by atoms with Crippen LogP contribution in [-0.2, 0) is 11.2 Å². The first-order valence-corrected chi connectivity index (χ1v) is 6.50. The van der Waals surface area contributed by atoms with E-state index in [0.717, 1.165) is 12.2 Å². The average Bonchev–Trinajstić information content (AvgIpc) is 2.41. The van der Waals surface area contributed by atoms with E-state index in [2.05, 4.69) is 12.2 Å². The van der Waals surface area contributed by atoms with Crippen molar-refractivity contribution in [2.45, 2.75) is 25.9 Å². The number of aliphatic hydroxyl groups excluding tert-OH is 1. The summed E-state index contributed by atoms with van der Waals surface area (Å²) in [5, 5.41) is 12.6. The van der Waals surface area contributed by atoms with Gasteiger partial charge in [-0.25, -0.2) is 0 Å². The fourth-order valence-corrected chi connectivity index (χ4v) is 1.59. The molecule has 106 valence electrons. The molecule has 0 spiro atoms. The molecule has 1 aromatic carbocycles. The van der Waals surface area contributed by atoms with E-state index in [1.54, 1.807) is 0 Å². The van der Waals surface area contributed by atoms with Crippen molar-refractivity contribution in [3.05, 3.63) is 29.8 Å². The van der Waals surface area contributed by atoms with E-state index in [1.165, 1.54) is 5.56 Å². The molecular weight excluding hydrogens is 244 g/mol. The number of rotatable bonds is 9. The van der Waals surface area contributed by atoms with Gasteiger partial charge >= 0.3 is 0 Å². The van der Waals surface area contributed by atoms with Gasteiger partial charge in [-0.15, -0.1) is 0 Å². The van der Waals surface area contributed by atoms with Crippen LogP contribution in [0.3, 0.4) is 0 Å². The van der Waals surface area contributed by atoms with Crippen molar-refractivity contribution < 1.29 is 14.6 Å². The minimum absolute atomic E-state index is 0.219. The van der Waals surface area contributed by atoms with E-state index in [-0.39, 0.29) is 18.9 Å². The number of hydrogen-bond acceptors (Lipinski definition) is 4. The van der Waals surface area contributed by atoms with Crippen molar-refractivity contribution >= 4 is 5.91 Å². The van der Waals surface area contributed by atoms with Crippen molar-refractivity contribution in [3.8, 4) is 5.75 Å². The molecule has 0 aliphatic heterocycles. The van der Waals surface area contributed by atoms with Gasteiger partial charge in [0, 0.05) is 19.5 Å². The Kier molecular flexibility index (Phi) is 6.92. The third kappa shape index (κ3) is 6.79. The second-order valence-corrected chi connectivity index (χ2v) is 4.39. The second-order valence-electron chi connectivity index (χ2n) is 4.39. The predicted molar refractivity (Wildman–Crippen MR) is 74.0 cm³/mol. The van der Waals surface area contributed by atoms with Gasteiger partial charge < -0.3 is 20.9 Å². The Balaban J connectivity index is 2.21. The van der Waals surface area contributed by atoms with Crippen molar-refractivity contribution in [1.29, 1.82) is 0 Å². The van der Waals surface area contributed by atoms with E-state index in [1.807, 2.05) is 24.3 Å². The van der Waals surface area contributed by atoms with Gasteiger partial charge in [0.1, 0.15) is 18.5 Å². The standard InChI is InChI=1S/C14H22N2O3/c1-2-11-4-3-5-13(8-11)19-10-12(17)9-16-7-6-14(15)18/h3-5,8,12,16-17H,2,6-7,9-10H2,1H3,(H2,15,18). The largest absolute Gasteiger partial charge is 0.491 e. The Hall–Kier alpha value is -1.59. The summed E-state index contributed by atoms with van der Waals surface area (Å²) >= 11 is 0. The molecule has 1 atom stereocenters. The Labute approximate surface area is 113 Å². The summed E-state index contributed by atoms with van der Waals surface area (Å²) in [7, 11) is 0. The number of carbonyl (C=O) groups is 1. The van der Waals surface area contributed by atoms with Crippen LogP contribution in [0.2, 0.25) is 0 Å². The Morgan fingerprint density at radius 2 is 2.32 bits per heavy atom. The molecule has 0 bridgehead atoms. The van der Waals surface area contributed by atoms with E-state index in [9.17, 15) is 9.90 Å². The first-order chi connectivity index (χ1) is 9.11. The predicted octanol–water partition coefficient (Wildman–Crippen LogP) is 0.454. The Morgan fingerprint density at radius 1 is 1.53 bits per heavy atom. The van der Waals surface area contributed by atoms with Crippen LogP contribution < -0.4 is 15.8 Å². The number of nitrogens with one attached hydrogen (secondary N) is 1. The van der Waals surface area contributed by atoms with Crippen molar-refractivity contribution in [1.82, 2.24) is 5.32 Å². The number of hydrogen-bond donors (Lipinski definition) is 3. The van der Waals surface area contributed by atoms with Crippen LogP contribution in [-0.4, -0.2) is 36.8 Å². The van der Waals surface area contributed by atoms with Crippen LogP contribution in [0.5, 0.6) is 5.75 Å². The fraction of sp³-hybridized carbons (Fsp3) is 0.500. The number of benzene rings is 1. The third-order valence-electron chi connectivity index (χ3n) is 2.68. The maximum absolute atomic E-state index is 10.5. The van der Waals surface area contributed by atoms with Gasteiger partial charge in [0.05, 0.1) is 0 Å². The van der Waals surface area contributed by atoms with Crippen LogP contribution >= 0.6 is 0 Å². The van der Waals surface area contributed by atoms with Crippen molar-refractivity contribution in [3.63, 3.8) is 0 Å². The molecule has 0 saturated carbocycles. The van der Waals surface area contributed by atoms with Crippen LogP contribution in [0.25, 0.3) is 0 Å². The van der Waals surface area contributed by atoms with Crippen LogP contribution in [0.4, 0.5) is 0 Å². The molecule has 5 nitrogen and oxygen atoms in total. The minimum Gasteiger partial charge on any atom is -0.491 e. The summed E-state index contributed by atoms with van der Waals surface area (Å²) in [5.41, 5.74) is 6.21. The monoisotopic (exact) mass is 266 g/mol. The molecule has 1 amide bonds. The van der Waals surface area contributed by atoms with E-state index in [0.29, 0.717) is 13.1 Å². The van der Waals surface area contributed by atoms with Gasteiger partial charge in [0.2, 0.25) is 5.91 Å². The highest BCUT2D eigenvalue weighted by atomic mass is 16.5. The summed E-state index contributed by atoms with van der Waals surface area (Å²) in [6, 6.07) is 7.81. The van der Waals surface area contributed by atoms with Gasteiger partial charge in [-0.1, -0.05) is 19.1 Å². The maximum atomic E-state index is 10.5. The van der Waals surface area contributed by atoms with E-state index in [4.69, 9.17) is 10.5 Å². The Bertz CT molecular complexity index is 396. The van der Waals surface area contributed by atoms with E-state index < -0.39 is 6.10 Å². The van der Waals surface area contributed by atoms with Crippen LogP contribution in [0.1, 0.15) is 18.9 Å². The highest BCUT2D eigenvalue weighted by molar-refractivity contribution is 5.73. The quantitative estimate of drug-likeness (QED) is 0.567. The molecule has 0 radical (unpaired) electrons. The molecule has 0 saturated heterocycles. The molecule has 5 heteroatoms. The van der Waals surface area contributed by atoms with Gasteiger partial charge in [-0.3, -0.25) is 4.79 Å². The van der Waals surface area contributed by atoms with E-state index >= 15 is 0 Å². The smallest absolute Gasteiger partial charge is 0.218 e. The second kappa shape index (κ2) is 8.50. The molecule has 0 heterocycles. The van der Waals surface area contributed by atoms with Gasteiger partial charge in [0.15, 0.2) is 0 Å².